The zero-order valence-corrected chi connectivity index (χ0v) is 9.57. The maximum absolute atomic E-state index is 8.52. The summed E-state index contributed by atoms with van der Waals surface area (Å²) < 4.78 is 34.1. The van der Waals surface area contributed by atoms with Gasteiger partial charge >= 0.3 is 60.8 Å². The first-order chi connectivity index (χ1) is 3.73. The summed E-state index contributed by atoms with van der Waals surface area (Å²) in [6, 6.07) is 0. The first-order valence-electron chi connectivity index (χ1n) is 1.21. The average Bonchev–Trinajstić information content (AvgIpc) is 1.19. The van der Waals surface area contributed by atoms with Crippen LogP contribution in [0.1, 0.15) is 0 Å². The van der Waals surface area contributed by atoms with Crippen LogP contribution in [0.5, 0.6) is 0 Å². The molecule has 0 radical (unpaired) electrons. The smallest absolute Gasteiger partial charge is 0.759 e. The third-order valence-corrected chi connectivity index (χ3v) is 0. The second-order valence-corrected chi connectivity index (χ2v) is 1.45. The molecule has 0 bridgehead atoms. The van der Waals surface area contributed by atoms with Crippen molar-refractivity contribution < 1.29 is 22.6 Å². The van der Waals surface area contributed by atoms with Gasteiger partial charge in [0, 0.05) is 10.4 Å². The van der Waals surface area contributed by atoms with Crippen LogP contribution in [0.4, 0.5) is 0 Å². The van der Waals surface area contributed by atoms with E-state index in [1.165, 1.54) is 0 Å². The first-order valence-corrected chi connectivity index (χ1v) is 2.55. The fourth-order valence-corrected chi connectivity index (χ4v) is 0. The van der Waals surface area contributed by atoms with Crippen molar-refractivity contribution in [1.29, 1.82) is 0 Å². The van der Waals surface area contributed by atoms with E-state index in [1.54, 1.807) is 0 Å². The van der Waals surface area contributed by atoms with Gasteiger partial charge in [0.2, 0.25) is 0 Å². The molecule has 56 valence electrons. The van der Waals surface area contributed by atoms with E-state index in [9.17, 15) is 0 Å². The largest absolute Gasteiger partial charge is 2.00 e. The van der Waals surface area contributed by atoms with Gasteiger partial charge in [0.15, 0.2) is 0 Å². The molecular weight excluding hydrogens is 222 g/mol. The first kappa shape index (κ1) is 22.7. The van der Waals surface area contributed by atoms with Crippen molar-refractivity contribution in [3.8, 4) is 0 Å². The molecular formula is CaMgNO7S+. The van der Waals surface area contributed by atoms with Crippen LogP contribution < -0.4 is 0 Å². The fourth-order valence-electron chi connectivity index (χ4n) is 0. The minimum Gasteiger partial charge on any atom is -0.759 e. The van der Waals surface area contributed by atoms with Crippen molar-refractivity contribution in [3.05, 3.63) is 15.3 Å². The average molecular weight is 222 g/mol. The standard InChI is InChI=1S/Ca.Mg.NO3.H2O4S/c;;2-1(3)4;1-5(2,3)4/h;;;(H2,1,2,3,4)/q2*+2;-1;/p-2. The van der Waals surface area contributed by atoms with Gasteiger partial charge in [-0.3, -0.25) is 8.42 Å². The van der Waals surface area contributed by atoms with E-state index in [0.717, 1.165) is 0 Å². The Labute approximate surface area is 108 Å². The second kappa shape index (κ2) is 11.1. The van der Waals surface area contributed by atoms with E-state index in [4.69, 9.17) is 32.8 Å². The molecule has 11 heavy (non-hydrogen) atoms. The Morgan fingerprint density at radius 2 is 1.09 bits per heavy atom. The van der Waals surface area contributed by atoms with Crippen molar-refractivity contribution >= 4 is 71.2 Å². The van der Waals surface area contributed by atoms with Gasteiger partial charge in [-0.25, -0.2) is 0 Å². The van der Waals surface area contributed by atoms with E-state index in [1.807, 2.05) is 0 Å². The van der Waals surface area contributed by atoms with Gasteiger partial charge in [-0.05, 0) is 0 Å². The quantitative estimate of drug-likeness (QED) is 0.147. The molecule has 0 aliphatic carbocycles. The van der Waals surface area contributed by atoms with E-state index >= 15 is 0 Å². The summed E-state index contributed by atoms with van der Waals surface area (Å²) in [6.07, 6.45) is 0. The molecule has 0 aromatic heterocycles. The Kier molecular flexibility index (Phi) is 22.9. The van der Waals surface area contributed by atoms with Crippen molar-refractivity contribution in [2.24, 2.45) is 0 Å². The van der Waals surface area contributed by atoms with E-state index in [2.05, 4.69) is 0 Å². The van der Waals surface area contributed by atoms with Gasteiger partial charge in [-0.2, -0.15) is 0 Å². The minimum absolute atomic E-state index is 0. The van der Waals surface area contributed by atoms with Crippen LogP contribution in [0, 0.1) is 15.3 Å². The normalized spacial score (nSPS) is 7.45. The van der Waals surface area contributed by atoms with Gasteiger partial charge in [-0.15, -0.1) is 0 Å². The molecule has 0 atom stereocenters. The van der Waals surface area contributed by atoms with Crippen LogP contribution in [0.2, 0.25) is 0 Å². The van der Waals surface area contributed by atoms with Gasteiger partial charge < -0.3 is 24.4 Å². The Balaban J connectivity index is -0.0000000383. The van der Waals surface area contributed by atoms with Gasteiger partial charge in [0.25, 0.3) is 0 Å². The predicted molar refractivity (Wildman–Crippen MR) is 32.3 cm³/mol. The predicted octanol–water partition coefficient (Wildman–Crippen LogP) is -2.34. The molecule has 0 aromatic carbocycles. The zero-order valence-electron chi connectivity index (χ0n) is 5.13. The van der Waals surface area contributed by atoms with Crippen LogP contribution >= 0.6 is 0 Å². The Hall–Kier alpha value is 1.10. The summed E-state index contributed by atoms with van der Waals surface area (Å²) in [6.45, 7) is 0. The molecule has 0 saturated carbocycles. The summed E-state index contributed by atoms with van der Waals surface area (Å²) in [7, 11) is -5.17. The van der Waals surface area contributed by atoms with Gasteiger partial charge in [0.05, 0.1) is 5.09 Å². The third kappa shape index (κ3) is 764. The molecule has 11 heteroatoms. The summed E-state index contributed by atoms with van der Waals surface area (Å²) in [5.41, 5.74) is 0. The number of nitrogens with zero attached hydrogens (tertiary/aromatic N) is 1. The molecule has 0 aliphatic heterocycles. The third-order valence-electron chi connectivity index (χ3n) is 0. The van der Waals surface area contributed by atoms with Gasteiger partial charge in [0.1, 0.15) is 0 Å². The van der Waals surface area contributed by atoms with Crippen LogP contribution in [0.3, 0.4) is 0 Å². The van der Waals surface area contributed by atoms with Crippen molar-refractivity contribution in [2.45, 2.75) is 0 Å². The summed E-state index contributed by atoms with van der Waals surface area (Å²) in [5, 5.41) is 14.8. The summed E-state index contributed by atoms with van der Waals surface area (Å²) in [4.78, 5) is 8.25. The summed E-state index contributed by atoms with van der Waals surface area (Å²) in [5.74, 6) is 0. The molecule has 0 fully saturated rings. The molecule has 0 amide bonds. The van der Waals surface area contributed by atoms with Crippen LogP contribution in [0.15, 0.2) is 0 Å². The second-order valence-electron chi connectivity index (χ2n) is 0.632. The van der Waals surface area contributed by atoms with E-state index < -0.39 is 15.5 Å². The molecule has 0 saturated heterocycles. The van der Waals surface area contributed by atoms with Crippen molar-refractivity contribution in [1.82, 2.24) is 0 Å². The molecule has 0 rings (SSSR count). The number of hydrogen-bond donors (Lipinski definition) is 0. The number of hydrogen-bond acceptors (Lipinski definition) is 7. The molecule has 0 unspecified atom stereocenters. The topological polar surface area (TPSA) is 146 Å². The Morgan fingerprint density at radius 3 is 1.09 bits per heavy atom. The maximum Gasteiger partial charge on any atom is 2.00 e. The summed E-state index contributed by atoms with van der Waals surface area (Å²) >= 11 is 0. The Bertz CT molecular complexity index is 161. The molecule has 8 nitrogen and oxygen atoms in total. The fraction of sp³-hybridized carbons (Fsp3) is 0. The van der Waals surface area contributed by atoms with E-state index in [-0.39, 0.29) is 60.8 Å². The molecule has 0 aliphatic rings. The van der Waals surface area contributed by atoms with Crippen molar-refractivity contribution in [3.63, 3.8) is 0 Å². The Morgan fingerprint density at radius 1 is 1.09 bits per heavy atom. The monoisotopic (exact) mass is 222 g/mol. The molecule has 0 N–H and O–H groups in total. The van der Waals surface area contributed by atoms with Crippen LogP contribution in [0.25, 0.3) is 0 Å². The minimum atomic E-state index is -5.17. The van der Waals surface area contributed by atoms with E-state index in [0.29, 0.717) is 0 Å². The number of rotatable bonds is 0. The maximum atomic E-state index is 8.52. The van der Waals surface area contributed by atoms with Gasteiger partial charge in [-0.1, -0.05) is 0 Å². The zero-order chi connectivity index (χ0) is 8.08. The van der Waals surface area contributed by atoms with Crippen LogP contribution in [-0.4, -0.2) is 83.4 Å². The van der Waals surface area contributed by atoms with Crippen LogP contribution in [-0.2, 0) is 10.4 Å². The molecule has 0 heterocycles. The van der Waals surface area contributed by atoms with Crippen molar-refractivity contribution in [2.75, 3.05) is 0 Å². The molecule has 0 aromatic rings. The SMILES string of the molecule is O=S(=O)([O-])[O-].O=[N+]([O-])[O-].[Ca+2].[Mg+2]. The molecule has 0 spiro atoms.